The van der Waals surface area contributed by atoms with Crippen molar-refractivity contribution >= 4 is 0 Å². The van der Waals surface area contributed by atoms with Gasteiger partial charge in [0.05, 0.1) is 6.10 Å². The van der Waals surface area contributed by atoms with E-state index in [1.54, 1.807) is 0 Å². The molecule has 3 N–H and O–H groups in total. The Hall–Kier alpha value is -1.38. The maximum absolute atomic E-state index is 10.4. The average Bonchev–Trinajstić information content (AvgIpc) is 2.48. The van der Waals surface area contributed by atoms with Gasteiger partial charge in [0.15, 0.2) is 0 Å². The predicted octanol–water partition coefficient (Wildman–Crippen LogP) is 3.28. The fraction of sp³-hybridized carbons (Fsp3) is 0.474. The summed E-state index contributed by atoms with van der Waals surface area (Å²) < 4.78 is 0. The summed E-state index contributed by atoms with van der Waals surface area (Å²) in [5.74, 6) is 0.938. The highest BCUT2D eigenvalue weighted by molar-refractivity contribution is 5.39. The van der Waals surface area contributed by atoms with Crippen LogP contribution in [0.5, 0.6) is 0 Å². The molecule has 0 aromatic heterocycles. The third-order valence-electron chi connectivity index (χ3n) is 4.83. The van der Waals surface area contributed by atoms with Gasteiger partial charge >= 0.3 is 0 Å². The monoisotopic (exact) mass is 283 g/mol. The Bertz CT molecular complexity index is 538. The van der Waals surface area contributed by atoms with E-state index in [-0.39, 0.29) is 24.0 Å². The van der Waals surface area contributed by atoms with Crippen LogP contribution in [0, 0.1) is 17.8 Å². The summed E-state index contributed by atoms with van der Waals surface area (Å²) in [6, 6.07) is 0.0590. The van der Waals surface area contributed by atoms with E-state index in [9.17, 15) is 5.11 Å². The minimum Gasteiger partial charge on any atom is -0.392 e. The zero-order chi connectivity index (χ0) is 14.8. The van der Waals surface area contributed by atoms with E-state index in [0.29, 0.717) is 5.92 Å². The van der Waals surface area contributed by atoms with Gasteiger partial charge < -0.3 is 10.8 Å². The molecule has 0 aromatic carbocycles. The van der Waals surface area contributed by atoms with E-state index in [2.05, 4.69) is 49.5 Å². The van der Waals surface area contributed by atoms with Crippen LogP contribution in [0.25, 0.3) is 0 Å². The second-order valence-electron chi connectivity index (χ2n) is 6.53. The maximum Gasteiger partial charge on any atom is 0.0645 e. The summed E-state index contributed by atoms with van der Waals surface area (Å²) >= 11 is 0. The van der Waals surface area contributed by atoms with Gasteiger partial charge in [0, 0.05) is 17.9 Å². The van der Waals surface area contributed by atoms with Gasteiger partial charge in [-0.3, -0.25) is 0 Å². The first kappa shape index (κ1) is 14.6. The molecule has 0 fully saturated rings. The van der Waals surface area contributed by atoms with Crippen molar-refractivity contribution in [2.45, 2.75) is 38.3 Å². The largest absolute Gasteiger partial charge is 0.392 e. The summed E-state index contributed by atoms with van der Waals surface area (Å²) in [6.07, 6.45) is 20.1. The third-order valence-corrected chi connectivity index (χ3v) is 4.83. The van der Waals surface area contributed by atoms with E-state index in [1.165, 1.54) is 11.1 Å². The molecular formula is C19H25NO. The van der Waals surface area contributed by atoms with E-state index in [0.717, 1.165) is 19.3 Å². The van der Waals surface area contributed by atoms with Crippen LogP contribution in [0.4, 0.5) is 0 Å². The van der Waals surface area contributed by atoms with Crippen molar-refractivity contribution < 1.29 is 5.11 Å². The quantitative estimate of drug-likeness (QED) is 0.764. The summed E-state index contributed by atoms with van der Waals surface area (Å²) in [7, 11) is 0. The van der Waals surface area contributed by atoms with Crippen LogP contribution >= 0.6 is 0 Å². The molecule has 0 heterocycles. The first-order valence-corrected chi connectivity index (χ1v) is 8.02. The van der Waals surface area contributed by atoms with Crippen LogP contribution in [0.15, 0.2) is 59.8 Å². The molecule has 0 aromatic rings. The number of hydrogen-bond donors (Lipinski definition) is 2. The minimum atomic E-state index is -0.244. The molecule has 112 valence electrons. The van der Waals surface area contributed by atoms with Crippen LogP contribution in [-0.2, 0) is 0 Å². The molecule has 0 aliphatic heterocycles. The molecule has 0 amide bonds. The topological polar surface area (TPSA) is 46.2 Å². The molecular weight excluding hydrogens is 258 g/mol. The average molecular weight is 283 g/mol. The Morgan fingerprint density at radius 2 is 1.90 bits per heavy atom. The number of hydrogen-bond acceptors (Lipinski definition) is 2. The van der Waals surface area contributed by atoms with Crippen molar-refractivity contribution in [3.63, 3.8) is 0 Å². The first-order chi connectivity index (χ1) is 10.1. The molecule has 2 nitrogen and oxygen atoms in total. The highest BCUT2D eigenvalue weighted by Gasteiger charge is 2.28. The molecule has 0 saturated carbocycles. The molecule has 0 bridgehead atoms. The first-order valence-electron chi connectivity index (χ1n) is 8.02. The Morgan fingerprint density at radius 3 is 2.67 bits per heavy atom. The van der Waals surface area contributed by atoms with Gasteiger partial charge in [0.2, 0.25) is 0 Å². The Balaban J connectivity index is 1.81. The van der Waals surface area contributed by atoms with E-state index in [4.69, 9.17) is 5.73 Å². The normalized spacial score (nSPS) is 39.1. The highest BCUT2D eigenvalue weighted by Crippen LogP contribution is 2.35. The Labute approximate surface area is 127 Å². The molecule has 3 aliphatic carbocycles. The number of aliphatic hydroxyl groups is 1. The fourth-order valence-electron chi connectivity index (χ4n) is 3.62. The number of rotatable bonds is 2. The van der Waals surface area contributed by atoms with Gasteiger partial charge in [-0.2, -0.15) is 0 Å². The fourth-order valence-corrected chi connectivity index (χ4v) is 3.62. The van der Waals surface area contributed by atoms with Crippen molar-refractivity contribution in [3.05, 3.63) is 59.8 Å². The number of aliphatic hydroxyl groups excluding tert-OH is 1. The van der Waals surface area contributed by atoms with Crippen molar-refractivity contribution in [2.24, 2.45) is 23.5 Å². The van der Waals surface area contributed by atoms with Crippen molar-refractivity contribution in [1.82, 2.24) is 0 Å². The summed E-state index contributed by atoms with van der Waals surface area (Å²) in [5.41, 5.74) is 8.88. The second kappa shape index (κ2) is 6.17. The van der Waals surface area contributed by atoms with Gasteiger partial charge in [-0.15, -0.1) is 0 Å². The highest BCUT2D eigenvalue weighted by atomic mass is 16.3. The van der Waals surface area contributed by atoms with Gasteiger partial charge in [0.1, 0.15) is 0 Å². The van der Waals surface area contributed by atoms with Gasteiger partial charge in [-0.1, -0.05) is 61.1 Å². The lowest BCUT2D eigenvalue weighted by molar-refractivity contribution is 0.115. The molecule has 2 heteroatoms. The molecule has 0 spiro atoms. The van der Waals surface area contributed by atoms with E-state index >= 15 is 0 Å². The Morgan fingerprint density at radius 1 is 1.10 bits per heavy atom. The van der Waals surface area contributed by atoms with Gasteiger partial charge in [-0.05, 0) is 30.8 Å². The van der Waals surface area contributed by atoms with Crippen molar-refractivity contribution in [3.8, 4) is 0 Å². The number of nitrogens with two attached hydrogens (primary N) is 1. The lowest BCUT2D eigenvalue weighted by atomic mass is 9.76. The second-order valence-corrected chi connectivity index (χ2v) is 6.53. The zero-order valence-electron chi connectivity index (χ0n) is 12.7. The molecule has 0 saturated heterocycles. The van der Waals surface area contributed by atoms with Crippen LogP contribution in [-0.4, -0.2) is 17.3 Å². The SMILES string of the molecule is C[C@@H]1C=CC(C2=CC(C3C=CC=CC3N)=CCC2)C(O)C1. The van der Waals surface area contributed by atoms with Crippen LogP contribution < -0.4 is 5.73 Å². The summed E-state index contributed by atoms with van der Waals surface area (Å²) in [6.45, 7) is 2.16. The lowest BCUT2D eigenvalue weighted by Gasteiger charge is -2.31. The zero-order valence-corrected chi connectivity index (χ0v) is 12.7. The Kier molecular flexibility index (Phi) is 4.27. The van der Waals surface area contributed by atoms with E-state index < -0.39 is 0 Å². The standard InChI is InChI=1S/C19H25NO/c1-13-9-10-17(19(21)11-13)15-6-4-5-14(12-15)16-7-2-3-8-18(16)20/h2-3,5,7-10,12-13,16-19,21H,4,6,11,20H2,1H3/t13-,16?,17?,18?,19?/m1/s1. The summed E-state index contributed by atoms with van der Waals surface area (Å²) in [5, 5.41) is 10.4. The summed E-state index contributed by atoms with van der Waals surface area (Å²) in [4.78, 5) is 0. The minimum absolute atomic E-state index is 0.0590. The number of allylic oxidation sites excluding steroid dienone is 5. The lowest BCUT2D eigenvalue weighted by Crippen LogP contribution is -2.30. The predicted molar refractivity (Wildman–Crippen MR) is 87.6 cm³/mol. The molecule has 0 radical (unpaired) electrons. The molecule has 21 heavy (non-hydrogen) atoms. The molecule has 5 atom stereocenters. The van der Waals surface area contributed by atoms with Crippen LogP contribution in [0.1, 0.15) is 26.2 Å². The van der Waals surface area contributed by atoms with E-state index in [1.807, 2.05) is 6.08 Å². The third kappa shape index (κ3) is 3.12. The maximum atomic E-state index is 10.4. The molecule has 3 rings (SSSR count). The molecule has 4 unspecified atom stereocenters. The van der Waals surface area contributed by atoms with Gasteiger partial charge in [0.25, 0.3) is 0 Å². The van der Waals surface area contributed by atoms with Crippen molar-refractivity contribution in [2.75, 3.05) is 0 Å². The van der Waals surface area contributed by atoms with Crippen molar-refractivity contribution in [1.29, 1.82) is 0 Å². The molecule has 3 aliphatic rings. The van der Waals surface area contributed by atoms with Crippen LogP contribution in [0.2, 0.25) is 0 Å². The van der Waals surface area contributed by atoms with Gasteiger partial charge in [-0.25, -0.2) is 0 Å². The smallest absolute Gasteiger partial charge is 0.0645 e. The van der Waals surface area contributed by atoms with Crippen LogP contribution in [0.3, 0.4) is 0 Å².